The van der Waals surface area contributed by atoms with Crippen LogP contribution in [0.2, 0.25) is 0 Å². The number of anilines is 2. The molecule has 1 aromatic heterocycles. The summed E-state index contributed by atoms with van der Waals surface area (Å²) in [4.78, 5) is 15.7. The van der Waals surface area contributed by atoms with Gasteiger partial charge in [-0.25, -0.2) is 0 Å². The molecule has 0 atom stereocenters. The van der Waals surface area contributed by atoms with Crippen molar-refractivity contribution in [2.75, 3.05) is 23.3 Å². The molecule has 1 heterocycles. The van der Waals surface area contributed by atoms with Gasteiger partial charge in [-0.2, -0.15) is 10.1 Å². The Morgan fingerprint density at radius 2 is 1.79 bits per heavy atom. The predicted molar refractivity (Wildman–Crippen MR) is 111 cm³/mol. The molecule has 0 saturated heterocycles. The minimum Gasteiger partial charge on any atom is -0.372 e. The zero-order chi connectivity index (χ0) is 20.3. The number of nitriles is 1. The third kappa shape index (κ3) is 3.81. The van der Waals surface area contributed by atoms with Crippen molar-refractivity contribution in [3.05, 3.63) is 41.5 Å². The van der Waals surface area contributed by atoms with Gasteiger partial charge in [0.1, 0.15) is 17.5 Å². The molecule has 1 N–H and O–H groups in total. The highest BCUT2D eigenvalue weighted by molar-refractivity contribution is 5.95. The molecule has 3 aromatic rings. The lowest BCUT2D eigenvalue weighted by Gasteiger charge is -2.22. The van der Waals surface area contributed by atoms with Crippen molar-refractivity contribution in [2.24, 2.45) is 0 Å². The van der Waals surface area contributed by atoms with E-state index < -0.39 is 0 Å². The summed E-state index contributed by atoms with van der Waals surface area (Å²) < 4.78 is 0. The predicted octanol–water partition coefficient (Wildman–Crippen LogP) is 3.74. The van der Waals surface area contributed by atoms with Gasteiger partial charge >= 0.3 is 0 Å². The molecule has 0 spiro atoms. The zero-order valence-electron chi connectivity index (χ0n) is 16.7. The maximum absolute atomic E-state index is 11.7. The van der Waals surface area contributed by atoms with E-state index in [1.54, 1.807) is 10.9 Å². The van der Waals surface area contributed by atoms with Crippen molar-refractivity contribution in [3.63, 3.8) is 0 Å². The number of aromatic nitrogens is 3. The second kappa shape index (κ2) is 8.09. The van der Waals surface area contributed by atoms with Gasteiger partial charge in [0.25, 0.3) is 0 Å². The van der Waals surface area contributed by atoms with Crippen LogP contribution in [0.3, 0.4) is 0 Å². The first-order valence-corrected chi connectivity index (χ1v) is 9.37. The van der Waals surface area contributed by atoms with Gasteiger partial charge in [0.2, 0.25) is 5.91 Å². The van der Waals surface area contributed by atoms with Crippen LogP contribution >= 0.6 is 0 Å². The highest BCUT2D eigenvalue weighted by atomic mass is 16.1. The van der Waals surface area contributed by atoms with Gasteiger partial charge < -0.3 is 10.2 Å². The number of rotatable bonds is 6. The van der Waals surface area contributed by atoms with Crippen molar-refractivity contribution in [3.8, 4) is 11.8 Å². The van der Waals surface area contributed by atoms with E-state index in [9.17, 15) is 4.79 Å². The highest BCUT2D eigenvalue weighted by Gasteiger charge is 2.12. The molecule has 0 saturated carbocycles. The summed E-state index contributed by atoms with van der Waals surface area (Å²) in [5, 5.41) is 20.6. The SMILES string of the molecule is CCN(CC)c1ccc(-n2nc3cc(C)c(NC(=O)CC#N)cc3n2)c(C)c1. The Bertz CT molecular complexity index is 1060. The molecular formula is C21H24N6O. The van der Waals surface area contributed by atoms with Crippen LogP contribution in [-0.4, -0.2) is 34.0 Å². The molecular weight excluding hydrogens is 352 g/mol. The fraction of sp³-hybridized carbons (Fsp3) is 0.333. The molecule has 2 aromatic carbocycles. The third-order valence-corrected chi connectivity index (χ3v) is 4.76. The number of benzene rings is 2. The van der Waals surface area contributed by atoms with Gasteiger partial charge in [0.05, 0.1) is 11.8 Å². The van der Waals surface area contributed by atoms with Crippen molar-refractivity contribution >= 4 is 28.3 Å². The number of aryl methyl sites for hydroxylation is 2. The first-order chi connectivity index (χ1) is 13.5. The number of nitrogens with zero attached hydrogens (tertiary/aromatic N) is 5. The average molecular weight is 376 g/mol. The van der Waals surface area contributed by atoms with E-state index in [1.807, 2.05) is 25.1 Å². The summed E-state index contributed by atoms with van der Waals surface area (Å²) in [6.07, 6.45) is -0.178. The summed E-state index contributed by atoms with van der Waals surface area (Å²) in [5.74, 6) is -0.333. The molecule has 7 heteroatoms. The Morgan fingerprint density at radius 1 is 1.11 bits per heavy atom. The molecule has 1 amide bonds. The largest absolute Gasteiger partial charge is 0.372 e. The molecule has 0 aliphatic rings. The van der Waals surface area contributed by atoms with E-state index in [1.165, 1.54) is 5.69 Å². The molecule has 0 radical (unpaired) electrons. The van der Waals surface area contributed by atoms with Gasteiger partial charge in [-0.1, -0.05) is 0 Å². The number of fused-ring (bicyclic) bond motifs is 1. The Labute approximate surface area is 164 Å². The molecule has 28 heavy (non-hydrogen) atoms. The van der Waals surface area contributed by atoms with Crippen molar-refractivity contribution in [1.82, 2.24) is 15.0 Å². The molecule has 7 nitrogen and oxygen atoms in total. The second-order valence-corrected chi connectivity index (χ2v) is 6.67. The summed E-state index contributed by atoms with van der Waals surface area (Å²) >= 11 is 0. The number of carbonyl (C=O) groups excluding carboxylic acids is 1. The van der Waals surface area contributed by atoms with Crippen LogP contribution in [0.25, 0.3) is 16.7 Å². The molecule has 0 unspecified atom stereocenters. The molecule has 3 rings (SSSR count). The van der Waals surface area contributed by atoms with Crippen LogP contribution in [0.1, 0.15) is 31.4 Å². The van der Waals surface area contributed by atoms with E-state index in [4.69, 9.17) is 5.26 Å². The number of amides is 1. The summed E-state index contributed by atoms with van der Waals surface area (Å²) in [7, 11) is 0. The fourth-order valence-electron chi connectivity index (χ4n) is 3.23. The summed E-state index contributed by atoms with van der Waals surface area (Å²) in [6, 6.07) is 11.8. The summed E-state index contributed by atoms with van der Waals surface area (Å²) in [6.45, 7) is 10.1. The second-order valence-electron chi connectivity index (χ2n) is 6.67. The molecule has 0 fully saturated rings. The lowest BCUT2D eigenvalue weighted by atomic mass is 10.1. The zero-order valence-corrected chi connectivity index (χ0v) is 16.7. The normalized spacial score (nSPS) is 10.7. The Balaban J connectivity index is 1.96. The summed E-state index contributed by atoms with van der Waals surface area (Å²) in [5.41, 5.74) is 6.14. The fourth-order valence-corrected chi connectivity index (χ4v) is 3.23. The van der Waals surface area contributed by atoms with E-state index in [-0.39, 0.29) is 12.3 Å². The smallest absolute Gasteiger partial charge is 0.238 e. The van der Waals surface area contributed by atoms with Gasteiger partial charge in [-0.15, -0.1) is 10.2 Å². The Kier molecular flexibility index (Phi) is 5.59. The minimum atomic E-state index is -0.333. The van der Waals surface area contributed by atoms with Crippen LogP contribution in [0.15, 0.2) is 30.3 Å². The quantitative estimate of drug-likeness (QED) is 0.708. The lowest BCUT2D eigenvalue weighted by Crippen LogP contribution is -2.21. The van der Waals surface area contributed by atoms with Crippen LogP contribution in [0, 0.1) is 25.2 Å². The lowest BCUT2D eigenvalue weighted by molar-refractivity contribution is -0.115. The van der Waals surface area contributed by atoms with E-state index in [2.05, 4.69) is 53.3 Å². The topological polar surface area (TPSA) is 86.8 Å². The van der Waals surface area contributed by atoms with Crippen molar-refractivity contribution in [2.45, 2.75) is 34.1 Å². The van der Waals surface area contributed by atoms with Gasteiger partial charge in [-0.05, 0) is 69.2 Å². The van der Waals surface area contributed by atoms with E-state index >= 15 is 0 Å². The van der Waals surface area contributed by atoms with Gasteiger partial charge in [0, 0.05) is 24.5 Å². The highest BCUT2D eigenvalue weighted by Crippen LogP contribution is 2.25. The Morgan fingerprint density at radius 3 is 2.39 bits per heavy atom. The van der Waals surface area contributed by atoms with Gasteiger partial charge in [0.15, 0.2) is 0 Å². The first-order valence-electron chi connectivity index (χ1n) is 9.37. The average Bonchev–Trinajstić information content (AvgIpc) is 3.05. The van der Waals surface area contributed by atoms with Crippen LogP contribution < -0.4 is 10.2 Å². The van der Waals surface area contributed by atoms with Crippen molar-refractivity contribution in [1.29, 1.82) is 5.26 Å². The Hall–Kier alpha value is -3.40. The maximum Gasteiger partial charge on any atom is 0.238 e. The standard InChI is InChI=1S/C21H24N6O/c1-5-26(6-2)16-7-8-20(15(4)11-16)27-24-18-12-14(3)17(13-19(18)25-27)23-21(28)9-10-22/h7-8,11-13H,5-6,9H2,1-4H3,(H,23,28). The van der Waals surface area contributed by atoms with Crippen LogP contribution in [0.5, 0.6) is 0 Å². The number of hydrogen-bond acceptors (Lipinski definition) is 5. The van der Waals surface area contributed by atoms with Gasteiger partial charge in [-0.3, -0.25) is 4.79 Å². The monoisotopic (exact) mass is 376 g/mol. The minimum absolute atomic E-state index is 0.178. The van der Waals surface area contributed by atoms with E-state index in [0.29, 0.717) is 11.2 Å². The van der Waals surface area contributed by atoms with Crippen LogP contribution in [0.4, 0.5) is 11.4 Å². The maximum atomic E-state index is 11.7. The number of nitrogens with one attached hydrogen (secondary N) is 1. The molecule has 144 valence electrons. The van der Waals surface area contributed by atoms with Crippen molar-refractivity contribution < 1.29 is 4.79 Å². The van der Waals surface area contributed by atoms with E-state index in [0.717, 1.165) is 35.4 Å². The number of carbonyl (C=O) groups is 1. The first kappa shape index (κ1) is 19.4. The molecule has 0 bridgehead atoms. The molecule has 0 aliphatic heterocycles. The van der Waals surface area contributed by atoms with Crippen LogP contribution in [-0.2, 0) is 4.79 Å². The third-order valence-electron chi connectivity index (χ3n) is 4.76. The molecule has 0 aliphatic carbocycles. The number of hydrogen-bond donors (Lipinski definition) is 1.